The van der Waals surface area contributed by atoms with Crippen LogP contribution < -0.4 is 0 Å². The Morgan fingerprint density at radius 1 is 1.50 bits per heavy atom. The third-order valence-electron chi connectivity index (χ3n) is 0.959. The van der Waals surface area contributed by atoms with Gasteiger partial charge in [-0.1, -0.05) is 5.23 Å². The Balaban J connectivity index is 4.12. The Bertz CT molecular complexity index is 115. The lowest BCUT2D eigenvalue weighted by molar-refractivity contribution is -0.336. The number of aliphatic hydroxyl groups excluding tert-OH is 1. The molecule has 2 unspecified atom stereocenters. The number of hydroxylamine groups is 2. The predicted molar refractivity (Wildman–Crippen MR) is 28.5 cm³/mol. The van der Waals surface area contributed by atoms with Crippen molar-refractivity contribution in [2.24, 2.45) is 0 Å². The fourth-order valence-electron chi connectivity index (χ4n) is 0.498. The highest BCUT2D eigenvalue weighted by Crippen LogP contribution is 1.98. The molecule has 0 amide bonds. The molecule has 0 radical (unpaired) electrons. The summed E-state index contributed by atoms with van der Waals surface area (Å²) in [5.41, 5.74) is 0. The van der Waals surface area contributed by atoms with E-state index in [2.05, 4.69) is 0 Å². The smallest absolute Gasteiger partial charge is 0.328 e. The molecule has 0 heterocycles. The van der Waals surface area contributed by atoms with Crippen molar-refractivity contribution in [1.29, 1.82) is 0 Å². The van der Waals surface area contributed by atoms with Gasteiger partial charge < -0.3 is 10.2 Å². The Labute approximate surface area is 56.8 Å². The monoisotopic (exact) mass is 151 g/mol. The first-order valence-electron chi connectivity index (χ1n) is 2.54. The molecule has 0 aromatic carbocycles. The van der Waals surface area contributed by atoms with Gasteiger partial charge in [-0.25, -0.2) is 0 Å². The fraction of sp³-hybridized carbons (Fsp3) is 0.750. The van der Waals surface area contributed by atoms with Crippen LogP contribution in [-0.2, 0) is 4.79 Å². The third kappa shape index (κ3) is 2.28. The van der Waals surface area contributed by atoms with Crippen molar-refractivity contribution < 1.29 is 25.4 Å². The molecule has 0 spiro atoms. The largest absolute Gasteiger partial charge is 0.480 e. The molecule has 0 saturated carbocycles. The van der Waals surface area contributed by atoms with Crippen LogP contribution in [0.15, 0.2) is 0 Å². The average molecular weight is 151 g/mol. The fourth-order valence-corrected chi connectivity index (χ4v) is 0.498. The summed E-state index contributed by atoms with van der Waals surface area (Å²) in [4.78, 5) is 10.1. The van der Waals surface area contributed by atoms with Gasteiger partial charge in [0, 0.05) is 0 Å². The van der Waals surface area contributed by atoms with Crippen molar-refractivity contribution in [2.75, 3.05) is 0 Å². The van der Waals surface area contributed by atoms with Crippen LogP contribution in [0.4, 0.5) is 0 Å². The molecule has 0 fully saturated rings. The van der Waals surface area contributed by atoms with E-state index in [9.17, 15) is 4.79 Å². The van der Waals surface area contributed by atoms with Gasteiger partial charge in [0.2, 0.25) is 0 Å². The maximum Gasteiger partial charge on any atom is 0.328 e. The van der Waals surface area contributed by atoms with E-state index in [0.29, 0.717) is 0 Å². The molecular formula is C4H9NO5. The number of carbonyl (C=O) groups is 1. The van der Waals surface area contributed by atoms with Gasteiger partial charge in [0.15, 0.2) is 6.04 Å². The number of hydrogen-bond donors (Lipinski definition) is 4. The number of hydrogen-bond acceptors (Lipinski definition) is 5. The van der Waals surface area contributed by atoms with Gasteiger partial charge in [-0.15, -0.1) is 0 Å². The lowest BCUT2D eigenvalue weighted by atomic mass is 10.2. The van der Waals surface area contributed by atoms with Crippen LogP contribution in [-0.4, -0.2) is 44.0 Å². The van der Waals surface area contributed by atoms with Crippen LogP contribution >= 0.6 is 0 Å². The summed E-state index contributed by atoms with van der Waals surface area (Å²) < 4.78 is 0. The summed E-state index contributed by atoms with van der Waals surface area (Å²) in [5, 5.41) is 32.7. The van der Waals surface area contributed by atoms with Gasteiger partial charge in [-0.3, -0.25) is 15.2 Å². The van der Waals surface area contributed by atoms with Crippen LogP contribution in [0, 0.1) is 0 Å². The summed E-state index contributed by atoms with van der Waals surface area (Å²) in [5.74, 6) is -1.50. The minimum absolute atomic E-state index is 0.535. The normalized spacial score (nSPS) is 16.9. The van der Waals surface area contributed by atoms with Gasteiger partial charge in [0.05, 0.1) is 6.10 Å². The van der Waals surface area contributed by atoms with E-state index in [0.717, 1.165) is 6.92 Å². The first kappa shape index (κ1) is 9.31. The summed E-state index contributed by atoms with van der Waals surface area (Å²) in [6, 6.07) is -1.69. The third-order valence-corrected chi connectivity index (χ3v) is 0.959. The second kappa shape index (κ2) is 3.47. The highest BCUT2D eigenvalue weighted by Gasteiger charge is 2.28. The SMILES string of the molecule is CC(O)C(C(=O)O)N(O)O. The lowest BCUT2D eigenvalue weighted by Gasteiger charge is -2.17. The number of carboxylic acids is 1. The predicted octanol–water partition coefficient (Wildman–Crippen LogP) is -1.10. The number of nitrogens with zero attached hydrogens (tertiary/aromatic N) is 1. The topological polar surface area (TPSA) is 101 Å². The molecule has 10 heavy (non-hydrogen) atoms. The summed E-state index contributed by atoms with van der Waals surface area (Å²) in [7, 11) is 0. The second-order valence-electron chi connectivity index (χ2n) is 1.84. The zero-order chi connectivity index (χ0) is 8.31. The maximum atomic E-state index is 10.1. The molecule has 4 N–H and O–H groups in total. The second-order valence-corrected chi connectivity index (χ2v) is 1.84. The van der Waals surface area contributed by atoms with Gasteiger partial charge in [0.1, 0.15) is 0 Å². The Kier molecular flexibility index (Phi) is 3.23. The molecule has 0 saturated heterocycles. The molecular weight excluding hydrogens is 142 g/mol. The van der Waals surface area contributed by atoms with Crippen LogP contribution in [0.25, 0.3) is 0 Å². The van der Waals surface area contributed by atoms with Crippen LogP contribution in [0.5, 0.6) is 0 Å². The van der Waals surface area contributed by atoms with Crippen molar-refractivity contribution in [3.8, 4) is 0 Å². The van der Waals surface area contributed by atoms with Crippen molar-refractivity contribution in [2.45, 2.75) is 19.1 Å². The van der Waals surface area contributed by atoms with Gasteiger partial charge >= 0.3 is 5.97 Å². The molecule has 0 rings (SSSR count). The first-order chi connectivity index (χ1) is 4.46. The number of rotatable bonds is 3. The van der Waals surface area contributed by atoms with E-state index in [1.165, 1.54) is 0 Å². The molecule has 0 aliphatic carbocycles. The van der Waals surface area contributed by atoms with Crippen molar-refractivity contribution in [3.63, 3.8) is 0 Å². The van der Waals surface area contributed by atoms with E-state index in [1.807, 2.05) is 0 Å². The molecule has 0 aromatic rings. The summed E-state index contributed by atoms with van der Waals surface area (Å²) in [6.45, 7) is 1.14. The van der Waals surface area contributed by atoms with Gasteiger partial charge in [0.25, 0.3) is 0 Å². The standard InChI is InChI=1S/C4H9NO5/c1-2(6)3(4(7)8)5(9)10/h2-3,6,9-10H,1H3,(H,7,8). The Morgan fingerprint density at radius 3 is 1.90 bits per heavy atom. The lowest BCUT2D eigenvalue weighted by Crippen LogP contribution is -2.44. The quantitative estimate of drug-likeness (QED) is 0.382. The zero-order valence-electron chi connectivity index (χ0n) is 5.30. The van der Waals surface area contributed by atoms with E-state index in [4.69, 9.17) is 20.6 Å². The van der Waals surface area contributed by atoms with Crippen molar-refractivity contribution in [1.82, 2.24) is 5.23 Å². The zero-order valence-corrected chi connectivity index (χ0v) is 5.30. The average Bonchev–Trinajstić information content (AvgIpc) is 1.59. The highest BCUT2D eigenvalue weighted by atomic mass is 16.8. The van der Waals surface area contributed by atoms with Crippen LogP contribution in [0.2, 0.25) is 0 Å². The van der Waals surface area contributed by atoms with Crippen molar-refractivity contribution >= 4 is 5.97 Å². The molecule has 60 valence electrons. The minimum atomic E-state index is -1.69. The summed E-state index contributed by atoms with van der Waals surface area (Å²) >= 11 is 0. The molecule has 0 aliphatic rings. The summed E-state index contributed by atoms with van der Waals surface area (Å²) in [6.07, 6.45) is -1.34. The van der Waals surface area contributed by atoms with Crippen LogP contribution in [0.3, 0.4) is 0 Å². The first-order valence-corrected chi connectivity index (χ1v) is 2.54. The van der Waals surface area contributed by atoms with Crippen LogP contribution in [0.1, 0.15) is 6.92 Å². The van der Waals surface area contributed by atoms with E-state index < -0.39 is 23.3 Å². The molecule has 6 nitrogen and oxygen atoms in total. The molecule has 6 heteroatoms. The van der Waals surface area contributed by atoms with E-state index >= 15 is 0 Å². The van der Waals surface area contributed by atoms with E-state index in [-0.39, 0.29) is 0 Å². The Hall–Kier alpha value is -0.690. The van der Waals surface area contributed by atoms with E-state index in [1.54, 1.807) is 0 Å². The molecule has 0 bridgehead atoms. The van der Waals surface area contributed by atoms with Gasteiger partial charge in [-0.2, -0.15) is 0 Å². The molecule has 0 aromatic heterocycles. The minimum Gasteiger partial charge on any atom is -0.480 e. The molecule has 0 aliphatic heterocycles. The number of aliphatic carboxylic acids is 1. The van der Waals surface area contributed by atoms with Gasteiger partial charge in [-0.05, 0) is 6.92 Å². The van der Waals surface area contributed by atoms with Crippen molar-refractivity contribution in [3.05, 3.63) is 0 Å². The number of aliphatic hydroxyl groups is 1. The Morgan fingerprint density at radius 2 is 1.90 bits per heavy atom. The number of carboxylic acid groups (broad SMARTS) is 1. The maximum absolute atomic E-state index is 10.1. The highest BCUT2D eigenvalue weighted by molar-refractivity contribution is 5.73. The molecule has 2 atom stereocenters.